The predicted octanol–water partition coefficient (Wildman–Crippen LogP) is 1.13. The maximum atomic E-state index is 5.58. The van der Waals surface area contributed by atoms with Gasteiger partial charge in [0.25, 0.3) is 0 Å². The fourth-order valence-electron chi connectivity index (χ4n) is 1.58. The van der Waals surface area contributed by atoms with Crippen molar-refractivity contribution in [3.8, 4) is 12.3 Å². The normalized spacial score (nSPS) is 20.8. The molecule has 0 bridgehead atoms. The molecule has 0 aromatic carbocycles. The highest BCUT2D eigenvalue weighted by Crippen LogP contribution is 2.31. The van der Waals surface area contributed by atoms with Crippen molar-refractivity contribution in [3.63, 3.8) is 0 Å². The van der Waals surface area contributed by atoms with E-state index in [0.29, 0.717) is 0 Å². The van der Waals surface area contributed by atoms with E-state index in [1.165, 1.54) is 0 Å². The first kappa shape index (κ1) is 8.64. The highest BCUT2D eigenvalue weighted by Gasteiger charge is 2.32. The smallest absolute Gasteiger partial charge is 0.137 e. The monoisotopic (exact) mass is 193 g/mol. The molecule has 0 amide bonds. The van der Waals surface area contributed by atoms with Crippen LogP contribution in [0.5, 0.6) is 0 Å². The van der Waals surface area contributed by atoms with E-state index < -0.39 is 0 Å². The van der Waals surface area contributed by atoms with Crippen LogP contribution in [0.4, 0.5) is 0 Å². The van der Waals surface area contributed by atoms with Gasteiger partial charge in [-0.3, -0.25) is 0 Å². The molecule has 0 spiro atoms. The number of rotatable bonds is 1. The van der Waals surface area contributed by atoms with Crippen molar-refractivity contribution in [1.29, 1.82) is 0 Å². The molecule has 1 aliphatic rings. The maximum absolute atomic E-state index is 5.58. The van der Waals surface area contributed by atoms with Gasteiger partial charge in [-0.1, -0.05) is 5.92 Å². The molecule has 2 heterocycles. The van der Waals surface area contributed by atoms with Gasteiger partial charge in [0, 0.05) is 0 Å². The third-order valence-electron chi connectivity index (χ3n) is 2.45. The lowest BCUT2D eigenvalue weighted by Crippen LogP contribution is -2.36. The lowest BCUT2D eigenvalue weighted by molar-refractivity contribution is 0.324. The third-order valence-corrected chi connectivity index (χ3v) is 3.43. The summed E-state index contributed by atoms with van der Waals surface area (Å²) in [4.78, 5) is 3.94. The summed E-state index contributed by atoms with van der Waals surface area (Å²) in [6, 6.07) is 0. The standard InChI is InChI=1S/C9H11N3S/c1-2-9(3-5-13-6-4-9)12-8-10-7-11-12/h1,7-8H,3-6H2. The number of nitrogens with zero attached hydrogens (tertiary/aromatic N) is 3. The molecule has 68 valence electrons. The molecule has 1 aromatic rings. The SMILES string of the molecule is C#CC1(n2cncn2)CCSCC1. The van der Waals surface area contributed by atoms with Crippen LogP contribution in [-0.2, 0) is 5.54 Å². The van der Waals surface area contributed by atoms with Crippen LogP contribution in [0, 0.1) is 12.3 Å². The zero-order valence-electron chi connectivity index (χ0n) is 7.31. The van der Waals surface area contributed by atoms with Crippen LogP contribution in [0.1, 0.15) is 12.8 Å². The van der Waals surface area contributed by atoms with Crippen LogP contribution in [0.2, 0.25) is 0 Å². The highest BCUT2D eigenvalue weighted by molar-refractivity contribution is 7.99. The molecule has 0 saturated carbocycles. The molecule has 1 aromatic heterocycles. The summed E-state index contributed by atoms with van der Waals surface area (Å²) < 4.78 is 1.83. The Morgan fingerprint density at radius 1 is 1.46 bits per heavy atom. The van der Waals surface area contributed by atoms with Gasteiger partial charge < -0.3 is 0 Å². The Hall–Kier alpha value is -0.950. The van der Waals surface area contributed by atoms with Gasteiger partial charge in [0.15, 0.2) is 0 Å². The predicted molar refractivity (Wildman–Crippen MR) is 53.4 cm³/mol. The van der Waals surface area contributed by atoms with E-state index in [1.54, 1.807) is 12.7 Å². The van der Waals surface area contributed by atoms with Gasteiger partial charge in [0.2, 0.25) is 0 Å². The number of hydrogen-bond donors (Lipinski definition) is 0. The Labute approximate surface area is 81.9 Å². The maximum Gasteiger partial charge on any atom is 0.137 e. The van der Waals surface area contributed by atoms with Crippen molar-refractivity contribution >= 4 is 11.8 Å². The van der Waals surface area contributed by atoms with Crippen LogP contribution < -0.4 is 0 Å². The molecule has 2 rings (SSSR count). The largest absolute Gasteiger partial charge is 0.235 e. The van der Waals surface area contributed by atoms with Crippen LogP contribution in [-0.4, -0.2) is 26.3 Å². The first-order chi connectivity index (χ1) is 6.37. The van der Waals surface area contributed by atoms with Crippen LogP contribution >= 0.6 is 11.8 Å². The third kappa shape index (κ3) is 1.44. The van der Waals surface area contributed by atoms with Crippen LogP contribution in [0.15, 0.2) is 12.7 Å². The fraction of sp³-hybridized carbons (Fsp3) is 0.556. The van der Waals surface area contributed by atoms with Gasteiger partial charge in [-0.25, -0.2) is 9.67 Å². The van der Waals surface area contributed by atoms with Crippen LogP contribution in [0.3, 0.4) is 0 Å². The summed E-state index contributed by atoms with van der Waals surface area (Å²) in [6.07, 6.45) is 10.8. The topological polar surface area (TPSA) is 30.7 Å². The Kier molecular flexibility index (Phi) is 2.28. The summed E-state index contributed by atoms with van der Waals surface area (Å²) in [5.74, 6) is 5.10. The highest BCUT2D eigenvalue weighted by atomic mass is 32.2. The zero-order valence-corrected chi connectivity index (χ0v) is 8.13. The Balaban J connectivity index is 2.30. The molecule has 0 unspecified atom stereocenters. The average molecular weight is 193 g/mol. The second kappa shape index (κ2) is 3.43. The molecule has 1 saturated heterocycles. The van der Waals surface area contributed by atoms with E-state index in [-0.39, 0.29) is 5.54 Å². The molecule has 1 aliphatic heterocycles. The van der Waals surface area contributed by atoms with Gasteiger partial charge in [0.05, 0.1) is 0 Å². The van der Waals surface area contributed by atoms with Crippen molar-refractivity contribution in [2.45, 2.75) is 18.4 Å². The molecule has 3 nitrogen and oxygen atoms in total. The molecule has 0 radical (unpaired) electrons. The van der Waals surface area contributed by atoms with E-state index in [4.69, 9.17) is 6.42 Å². The zero-order chi connectivity index (χ0) is 9.15. The average Bonchev–Trinajstić information content (AvgIpc) is 2.72. The quantitative estimate of drug-likeness (QED) is 0.626. The first-order valence-electron chi connectivity index (χ1n) is 4.28. The lowest BCUT2D eigenvalue weighted by Gasteiger charge is -2.31. The summed E-state index contributed by atoms with van der Waals surface area (Å²) in [5, 5.41) is 4.14. The second-order valence-electron chi connectivity index (χ2n) is 3.13. The molecule has 0 N–H and O–H groups in total. The minimum atomic E-state index is -0.207. The van der Waals surface area contributed by atoms with Gasteiger partial charge in [0.1, 0.15) is 18.2 Å². The summed E-state index contributed by atoms with van der Waals surface area (Å²) >= 11 is 1.95. The minimum Gasteiger partial charge on any atom is -0.235 e. The molecular formula is C9H11N3S. The number of aromatic nitrogens is 3. The van der Waals surface area contributed by atoms with E-state index in [2.05, 4.69) is 16.0 Å². The van der Waals surface area contributed by atoms with Crippen LogP contribution in [0.25, 0.3) is 0 Å². The number of thioether (sulfide) groups is 1. The lowest BCUT2D eigenvalue weighted by atomic mass is 9.94. The molecule has 13 heavy (non-hydrogen) atoms. The summed E-state index contributed by atoms with van der Waals surface area (Å²) in [7, 11) is 0. The van der Waals surface area contributed by atoms with E-state index in [0.717, 1.165) is 24.3 Å². The van der Waals surface area contributed by atoms with E-state index >= 15 is 0 Å². The first-order valence-corrected chi connectivity index (χ1v) is 5.43. The fourth-order valence-corrected chi connectivity index (χ4v) is 2.75. The van der Waals surface area contributed by atoms with Crippen molar-refractivity contribution in [3.05, 3.63) is 12.7 Å². The Morgan fingerprint density at radius 3 is 2.77 bits per heavy atom. The minimum absolute atomic E-state index is 0.207. The molecule has 0 atom stereocenters. The molecule has 4 heteroatoms. The van der Waals surface area contributed by atoms with Crippen molar-refractivity contribution < 1.29 is 0 Å². The summed E-state index contributed by atoms with van der Waals surface area (Å²) in [5.41, 5.74) is -0.207. The van der Waals surface area contributed by atoms with Gasteiger partial charge in [-0.15, -0.1) is 6.42 Å². The van der Waals surface area contributed by atoms with Crippen molar-refractivity contribution in [1.82, 2.24) is 14.8 Å². The molecular weight excluding hydrogens is 182 g/mol. The molecule has 0 aliphatic carbocycles. The van der Waals surface area contributed by atoms with Gasteiger partial charge >= 0.3 is 0 Å². The van der Waals surface area contributed by atoms with E-state index in [9.17, 15) is 0 Å². The van der Waals surface area contributed by atoms with E-state index in [1.807, 2.05) is 16.4 Å². The number of terminal acetylenes is 1. The molecule has 1 fully saturated rings. The van der Waals surface area contributed by atoms with Gasteiger partial charge in [-0.2, -0.15) is 16.9 Å². The van der Waals surface area contributed by atoms with Gasteiger partial charge in [-0.05, 0) is 24.3 Å². The second-order valence-corrected chi connectivity index (χ2v) is 4.35. The Bertz CT molecular complexity index is 306. The summed E-state index contributed by atoms with van der Waals surface area (Å²) in [6.45, 7) is 0. The number of hydrogen-bond acceptors (Lipinski definition) is 3. The van der Waals surface area contributed by atoms with Crippen molar-refractivity contribution in [2.24, 2.45) is 0 Å². The Morgan fingerprint density at radius 2 is 2.23 bits per heavy atom. The van der Waals surface area contributed by atoms with Crippen molar-refractivity contribution in [2.75, 3.05) is 11.5 Å².